The second-order valence-corrected chi connectivity index (χ2v) is 6.74. The van der Waals surface area contributed by atoms with Crippen LogP contribution in [0.1, 0.15) is 31.9 Å². The molecule has 0 atom stereocenters. The molecule has 2 aromatic rings. The summed E-state index contributed by atoms with van der Waals surface area (Å²) in [6.07, 6.45) is 7.78. The molecule has 1 fully saturated rings. The van der Waals surface area contributed by atoms with Gasteiger partial charge in [0.1, 0.15) is 5.65 Å². The second kappa shape index (κ2) is 6.95. The van der Waals surface area contributed by atoms with Crippen molar-refractivity contribution >= 4 is 29.2 Å². The van der Waals surface area contributed by atoms with Crippen molar-refractivity contribution < 1.29 is 9.90 Å². The lowest BCUT2D eigenvalue weighted by molar-refractivity contribution is -0.128. The number of aliphatic hydroxyl groups is 1. The first-order valence-corrected chi connectivity index (χ1v) is 8.67. The van der Waals surface area contributed by atoms with Crippen molar-refractivity contribution in [3.63, 3.8) is 0 Å². The Kier molecular flexibility index (Phi) is 4.92. The summed E-state index contributed by atoms with van der Waals surface area (Å²) >= 11 is 6.18. The fraction of sp³-hybridized carbons (Fsp3) is 0.444. The fourth-order valence-corrected chi connectivity index (χ4v) is 3.46. The van der Waals surface area contributed by atoms with Gasteiger partial charge in [-0.15, -0.1) is 0 Å². The van der Waals surface area contributed by atoms with Crippen LogP contribution in [0.25, 0.3) is 11.7 Å². The number of carbonyl (C=O) groups is 1. The molecule has 3 rings (SSSR count). The van der Waals surface area contributed by atoms with Crippen molar-refractivity contribution in [3.05, 3.63) is 41.3 Å². The minimum Gasteiger partial charge on any atom is -0.396 e. The Morgan fingerprint density at radius 2 is 2.17 bits per heavy atom. The molecule has 24 heavy (non-hydrogen) atoms. The summed E-state index contributed by atoms with van der Waals surface area (Å²) in [6.45, 7) is 3.65. The first kappa shape index (κ1) is 17.0. The first-order valence-electron chi connectivity index (χ1n) is 8.29. The maximum Gasteiger partial charge on any atom is 0.246 e. The average Bonchev–Trinajstić information content (AvgIpc) is 2.95. The first-order chi connectivity index (χ1) is 11.6. The lowest BCUT2D eigenvalue weighted by Crippen LogP contribution is -2.43. The van der Waals surface area contributed by atoms with Crippen molar-refractivity contribution in [1.29, 1.82) is 0 Å². The van der Waals surface area contributed by atoms with Crippen LogP contribution in [0.2, 0.25) is 5.15 Å². The van der Waals surface area contributed by atoms with Gasteiger partial charge in [-0.25, -0.2) is 4.98 Å². The Labute approximate surface area is 146 Å². The topological polar surface area (TPSA) is 57.8 Å². The zero-order chi connectivity index (χ0) is 17.2. The van der Waals surface area contributed by atoms with E-state index in [-0.39, 0.29) is 17.9 Å². The van der Waals surface area contributed by atoms with Crippen LogP contribution >= 0.6 is 11.6 Å². The highest BCUT2D eigenvalue weighted by Gasteiger charge is 2.33. The van der Waals surface area contributed by atoms with Gasteiger partial charge in [0.05, 0.1) is 5.69 Å². The van der Waals surface area contributed by atoms with Gasteiger partial charge in [-0.3, -0.25) is 9.20 Å². The Bertz CT molecular complexity index is 755. The molecule has 0 aliphatic carbocycles. The third-order valence-electron chi connectivity index (χ3n) is 5.13. The molecular formula is C18H22ClN3O2. The molecule has 128 valence electrons. The molecule has 0 spiro atoms. The summed E-state index contributed by atoms with van der Waals surface area (Å²) in [5.74, 6) is -0.0282. The van der Waals surface area contributed by atoms with Gasteiger partial charge in [0.15, 0.2) is 5.15 Å². The second-order valence-electron chi connectivity index (χ2n) is 6.39. The van der Waals surface area contributed by atoms with Crippen molar-refractivity contribution in [2.24, 2.45) is 5.41 Å². The van der Waals surface area contributed by atoms with E-state index in [9.17, 15) is 9.90 Å². The predicted molar refractivity (Wildman–Crippen MR) is 94.9 cm³/mol. The van der Waals surface area contributed by atoms with E-state index in [1.54, 1.807) is 12.2 Å². The van der Waals surface area contributed by atoms with E-state index in [1.165, 1.54) is 0 Å². The molecule has 1 aliphatic heterocycles. The van der Waals surface area contributed by atoms with E-state index in [1.807, 2.05) is 33.7 Å². The number of pyridine rings is 1. The minimum atomic E-state index is -0.0282. The lowest BCUT2D eigenvalue weighted by Gasteiger charge is -2.39. The number of nitrogens with zero attached hydrogens (tertiary/aromatic N) is 3. The van der Waals surface area contributed by atoms with Crippen LogP contribution in [0.15, 0.2) is 30.5 Å². The maximum absolute atomic E-state index is 12.4. The standard InChI is InChI=1S/C18H22ClN3O2/c1-2-18(13-23)8-11-21(12-9-18)16(24)7-6-14-17(19)20-15-5-3-4-10-22(14)15/h3-7,10,23H,2,8-9,11-13H2,1H3/b7-6+. The third-order valence-corrected chi connectivity index (χ3v) is 5.41. The molecule has 0 aromatic carbocycles. The molecule has 3 heterocycles. The number of likely N-dealkylation sites (tertiary alicyclic amines) is 1. The van der Waals surface area contributed by atoms with Crippen molar-refractivity contribution in [3.8, 4) is 0 Å². The van der Waals surface area contributed by atoms with Gasteiger partial charge < -0.3 is 10.0 Å². The highest BCUT2D eigenvalue weighted by Crippen LogP contribution is 2.34. The maximum atomic E-state index is 12.4. The largest absolute Gasteiger partial charge is 0.396 e. The monoisotopic (exact) mass is 347 g/mol. The number of imidazole rings is 1. The lowest BCUT2D eigenvalue weighted by atomic mass is 9.77. The molecule has 0 unspecified atom stereocenters. The molecule has 1 amide bonds. The van der Waals surface area contributed by atoms with Crippen molar-refractivity contribution in [2.45, 2.75) is 26.2 Å². The van der Waals surface area contributed by atoms with Crippen LogP contribution in [-0.2, 0) is 4.79 Å². The van der Waals surface area contributed by atoms with Crippen LogP contribution in [-0.4, -0.2) is 45.0 Å². The summed E-state index contributed by atoms with van der Waals surface area (Å²) in [7, 11) is 0. The number of aromatic nitrogens is 2. The van der Waals surface area contributed by atoms with Crippen molar-refractivity contribution in [2.75, 3.05) is 19.7 Å². The number of rotatable bonds is 4. The number of hydrogen-bond donors (Lipinski definition) is 1. The van der Waals surface area contributed by atoms with Crippen LogP contribution in [0.5, 0.6) is 0 Å². The van der Waals surface area contributed by atoms with Crippen LogP contribution in [0.3, 0.4) is 0 Å². The van der Waals surface area contributed by atoms with Gasteiger partial charge in [0, 0.05) is 32.0 Å². The highest BCUT2D eigenvalue weighted by atomic mass is 35.5. The SMILES string of the molecule is CCC1(CO)CCN(C(=O)/C=C/c2c(Cl)nc3ccccn23)CC1. The fourth-order valence-electron chi connectivity index (χ4n) is 3.22. The van der Waals surface area contributed by atoms with Gasteiger partial charge >= 0.3 is 0 Å². The summed E-state index contributed by atoms with van der Waals surface area (Å²) < 4.78 is 1.86. The van der Waals surface area contributed by atoms with E-state index in [4.69, 9.17) is 11.6 Å². The smallest absolute Gasteiger partial charge is 0.246 e. The van der Waals surface area contributed by atoms with Gasteiger partial charge in [-0.05, 0) is 42.9 Å². The average molecular weight is 348 g/mol. The molecule has 6 heteroatoms. The molecular weight excluding hydrogens is 326 g/mol. The van der Waals surface area contributed by atoms with Gasteiger partial charge in [0.2, 0.25) is 5.91 Å². The zero-order valence-electron chi connectivity index (χ0n) is 13.8. The summed E-state index contributed by atoms with van der Waals surface area (Å²) in [4.78, 5) is 18.5. The minimum absolute atomic E-state index is 0.0224. The molecule has 0 bridgehead atoms. The van der Waals surface area contributed by atoms with E-state index in [0.29, 0.717) is 23.9 Å². The summed E-state index contributed by atoms with van der Waals surface area (Å²) in [5, 5.41) is 9.97. The normalized spacial score (nSPS) is 17.7. The molecule has 2 aromatic heterocycles. The van der Waals surface area contributed by atoms with E-state index >= 15 is 0 Å². The molecule has 0 radical (unpaired) electrons. The number of carbonyl (C=O) groups excluding carboxylic acids is 1. The third kappa shape index (κ3) is 3.19. The number of halogens is 1. The van der Waals surface area contributed by atoms with E-state index < -0.39 is 0 Å². The van der Waals surface area contributed by atoms with Gasteiger partial charge in [-0.2, -0.15) is 0 Å². The van der Waals surface area contributed by atoms with Crippen LogP contribution in [0.4, 0.5) is 0 Å². The van der Waals surface area contributed by atoms with Crippen molar-refractivity contribution in [1.82, 2.24) is 14.3 Å². The molecule has 1 N–H and O–H groups in total. The highest BCUT2D eigenvalue weighted by molar-refractivity contribution is 6.31. The number of fused-ring (bicyclic) bond motifs is 1. The Morgan fingerprint density at radius 3 is 2.83 bits per heavy atom. The summed E-state index contributed by atoms with van der Waals surface area (Å²) in [5.41, 5.74) is 1.44. The Hall–Kier alpha value is -1.85. The van der Waals surface area contributed by atoms with Gasteiger partial charge in [-0.1, -0.05) is 24.6 Å². The predicted octanol–water partition coefficient (Wildman–Crippen LogP) is 3.01. The van der Waals surface area contributed by atoms with Crippen LogP contribution < -0.4 is 0 Å². The number of amides is 1. The summed E-state index contributed by atoms with van der Waals surface area (Å²) in [6, 6.07) is 5.66. The number of aliphatic hydroxyl groups excluding tert-OH is 1. The molecule has 1 saturated heterocycles. The van der Waals surface area contributed by atoms with E-state index in [0.717, 1.165) is 24.9 Å². The van der Waals surface area contributed by atoms with Crippen LogP contribution in [0, 0.1) is 5.41 Å². The number of piperidine rings is 1. The molecule has 0 saturated carbocycles. The van der Waals surface area contributed by atoms with E-state index in [2.05, 4.69) is 11.9 Å². The number of hydrogen-bond acceptors (Lipinski definition) is 3. The molecule has 1 aliphatic rings. The Balaban J connectivity index is 1.71. The quantitative estimate of drug-likeness (QED) is 0.865. The zero-order valence-corrected chi connectivity index (χ0v) is 14.5. The molecule has 5 nitrogen and oxygen atoms in total. The Morgan fingerprint density at radius 1 is 1.42 bits per heavy atom. The van der Waals surface area contributed by atoms with Gasteiger partial charge in [0.25, 0.3) is 0 Å².